The predicted molar refractivity (Wildman–Crippen MR) is 126 cm³/mol. The van der Waals surface area contributed by atoms with Crippen molar-refractivity contribution in [2.45, 2.75) is 33.1 Å². The van der Waals surface area contributed by atoms with E-state index in [1.165, 1.54) is 10.2 Å². The lowest BCUT2D eigenvalue weighted by molar-refractivity contribution is 0.674. The van der Waals surface area contributed by atoms with E-state index in [9.17, 15) is 4.79 Å². The average Bonchev–Trinajstić information content (AvgIpc) is 3.21. The molecule has 0 radical (unpaired) electrons. The third-order valence-electron chi connectivity index (χ3n) is 5.03. The molecule has 0 spiro atoms. The minimum Gasteiger partial charge on any atom is -0.316 e. The van der Waals surface area contributed by atoms with Crippen molar-refractivity contribution in [2.24, 2.45) is 5.10 Å². The molecule has 0 aliphatic carbocycles. The Hall–Kier alpha value is -2.99. The van der Waals surface area contributed by atoms with Crippen molar-refractivity contribution in [1.29, 1.82) is 0 Å². The van der Waals surface area contributed by atoms with Gasteiger partial charge in [0.05, 0.1) is 22.8 Å². The maximum absolute atomic E-state index is 13.2. The van der Waals surface area contributed by atoms with E-state index in [0.717, 1.165) is 28.7 Å². The van der Waals surface area contributed by atoms with Gasteiger partial charge in [-0.25, -0.2) is 4.98 Å². The number of hydrogen-bond donors (Lipinski definition) is 0. The smallest absolute Gasteiger partial charge is 0.282 e. The van der Waals surface area contributed by atoms with Gasteiger partial charge in [0, 0.05) is 22.8 Å². The van der Waals surface area contributed by atoms with Gasteiger partial charge in [0.25, 0.3) is 5.56 Å². The number of unbranched alkanes of at least 4 members (excludes halogenated alkanes) is 1. The normalized spacial score (nSPS) is 11.6. The number of hydrogen-bond acceptors (Lipinski definition) is 3. The molecule has 0 fully saturated rings. The van der Waals surface area contributed by atoms with E-state index >= 15 is 0 Å². The Kier molecular flexibility index (Phi) is 5.95. The van der Waals surface area contributed by atoms with E-state index in [-0.39, 0.29) is 5.56 Å². The van der Waals surface area contributed by atoms with Crippen LogP contribution in [0.15, 0.2) is 75.2 Å². The zero-order chi connectivity index (χ0) is 21.1. The summed E-state index contributed by atoms with van der Waals surface area (Å²) in [6.07, 6.45) is 6.39. The molecule has 30 heavy (non-hydrogen) atoms. The third kappa shape index (κ3) is 4.14. The minimum atomic E-state index is -0.155. The standard InChI is InChI=1S/C24H23BrN4O/c1-3-4-7-23-27-22-13-10-18(25)15-21(22)24(30)29(23)26-16-20-6-5-14-28(20)19-11-8-17(2)9-12-19/h5-6,8-16H,3-4,7H2,1-2H3. The van der Waals surface area contributed by atoms with Crippen molar-refractivity contribution in [3.63, 3.8) is 0 Å². The monoisotopic (exact) mass is 462 g/mol. The first-order valence-electron chi connectivity index (χ1n) is 10.1. The number of nitrogens with zero attached hydrogens (tertiary/aromatic N) is 4. The van der Waals surface area contributed by atoms with Gasteiger partial charge in [-0.05, 0) is 55.8 Å². The van der Waals surface area contributed by atoms with Crippen molar-refractivity contribution < 1.29 is 0 Å². The zero-order valence-electron chi connectivity index (χ0n) is 17.0. The summed E-state index contributed by atoms with van der Waals surface area (Å²) in [5, 5.41) is 5.12. The van der Waals surface area contributed by atoms with Gasteiger partial charge in [-0.15, -0.1) is 0 Å². The number of benzene rings is 2. The molecule has 4 rings (SSSR count). The lowest BCUT2D eigenvalue weighted by Gasteiger charge is -2.10. The van der Waals surface area contributed by atoms with Crippen molar-refractivity contribution >= 4 is 33.0 Å². The first-order valence-corrected chi connectivity index (χ1v) is 10.9. The topological polar surface area (TPSA) is 52.2 Å². The molecule has 5 nitrogen and oxygen atoms in total. The number of aryl methyl sites for hydroxylation is 2. The molecule has 4 aromatic rings. The van der Waals surface area contributed by atoms with E-state index in [1.54, 1.807) is 12.3 Å². The van der Waals surface area contributed by atoms with Crippen LogP contribution in [-0.2, 0) is 6.42 Å². The SMILES string of the molecule is CCCCc1nc2ccc(Br)cc2c(=O)n1N=Cc1cccn1-c1ccc(C)cc1. The van der Waals surface area contributed by atoms with Gasteiger partial charge >= 0.3 is 0 Å². The van der Waals surface area contributed by atoms with Crippen LogP contribution in [0.25, 0.3) is 16.6 Å². The highest BCUT2D eigenvalue weighted by atomic mass is 79.9. The summed E-state index contributed by atoms with van der Waals surface area (Å²) in [5.74, 6) is 0.682. The van der Waals surface area contributed by atoms with E-state index in [0.29, 0.717) is 23.1 Å². The Balaban J connectivity index is 1.79. The molecule has 0 saturated heterocycles. The average molecular weight is 463 g/mol. The molecule has 0 aliphatic rings. The van der Waals surface area contributed by atoms with Gasteiger partial charge in [-0.3, -0.25) is 4.79 Å². The summed E-state index contributed by atoms with van der Waals surface area (Å²) in [6.45, 7) is 4.19. The quantitative estimate of drug-likeness (QED) is 0.356. The number of aromatic nitrogens is 3. The van der Waals surface area contributed by atoms with Crippen LogP contribution >= 0.6 is 15.9 Å². The highest BCUT2D eigenvalue weighted by Gasteiger charge is 2.11. The largest absolute Gasteiger partial charge is 0.316 e. The second-order valence-electron chi connectivity index (χ2n) is 7.29. The van der Waals surface area contributed by atoms with E-state index < -0.39 is 0 Å². The van der Waals surface area contributed by atoms with Crippen LogP contribution in [0.1, 0.15) is 36.8 Å². The summed E-state index contributed by atoms with van der Waals surface area (Å²) >= 11 is 3.44. The van der Waals surface area contributed by atoms with E-state index in [1.807, 2.05) is 35.0 Å². The van der Waals surface area contributed by atoms with Gasteiger partial charge in [-0.2, -0.15) is 9.78 Å². The van der Waals surface area contributed by atoms with E-state index in [2.05, 4.69) is 59.1 Å². The van der Waals surface area contributed by atoms with E-state index in [4.69, 9.17) is 4.98 Å². The molecule has 0 aliphatic heterocycles. The molecule has 2 heterocycles. The molecule has 2 aromatic heterocycles. The number of rotatable bonds is 6. The fraction of sp³-hybridized carbons (Fsp3) is 0.208. The summed E-state index contributed by atoms with van der Waals surface area (Å²) in [4.78, 5) is 17.9. The Bertz CT molecular complexity index is 1270. The van der Waals surface area contributed by atoms with Crippen LogP contribution in [0.3, 0.4) is 0 Å². The number of fused-ring (bicyclic) bond motifs is 1. The predicted octanol–water partition coefficient (Wildman–Crippen LogP) is 5.48. The van der Waals surface area contributed by atoms with Crippen molar-refractivity contribution in [1.82, 2.24) is 14.2 Å². The molecule has 0 atom stereocenters. The second kappa shape index (κ2) is 8.79. The maximum Gasteiger partial charge on any atom is 0.282 e. The molecule has 0 amide bonds. The van der Waals surface area contributed by atoms with Gasteiger partial charge < -0.3 is 4.57 Å². The molecule has 0 saturated carbocycles. The Labute approximate surface area is 183 Å². The molecule has 2 aromatic carbocycles. The molecule has 6 heteroatoms. The number of halogens is 1. The van der Waals surface area contributed by atoms with Crippen LogP contribution in [0, 0.1) is 6.92 Å². The first-order chi connectivity index (χ1) is 14.6. The second-order valence-corrected chi connectivity index (χ2v) is 8.21. The molecule has 0 unspecified atom stereocenters. The summed E-state index contributed by atoms with van der Waals surface area (Å²) < 4.78 is 4.33. The molecule has 0 bridgehead atoms. The molecular formula is C24H23BrN4O. The highest BCUT2D eigenvalue weighted by Crippen LogP contribution is 2.17. The van der Waals surface area contributed by atoms with Crippen molar-refractivity contribution in [3.8, 4) is 5.69 Å². The minimum absolute atomic E-state index is 0.155. The maximum atomic E-state index is 13.2. The fourth-order valence-corrected chi connectivity index (χ4v) is 3.73. The molecular weight excluding hydrogens is 440 g/mol. The summed E-state index contributed by atoms with van der Waals surface area (Å²) in [5.41, 5.74) is 3.69. The lowest BCUT2D eigenvalue weighted by Crippen LogP contribution is -2.22. The Morgan fingerprint density at radius 1 is 1.13 bits per heavy atom. The van der Waals surface area contributed by atoms with Gasteiger partial charge in [-0.1, -0.05) is 47.0 Å². The van der Waals surface area contributed by atoms with Crippen LogP contribution in [0.5, 0.6) is 0 Å². The van der Waals surface area contributed by atoms with Crippen LogP contribution in [0.4, 0.5) is 0 Å². The summed E-state index contributed by atoms with van der Waals surface area (Å²) in [7, 11) is 0. The van der Waals surface area contributed by atoms with Gasteiger partial charge in [0.1, 0.15) is 5.82 Å². The van der Waals surface area contributed by atoms with Crippen molar-refractivity contribution in [2.75, 3.05) is 0 Å². The van der Waals surface area contributed by atoms with Crippen LogP contribution in [0.2, 0.25) is 0 Å². The Morgan fingerprint density at radius 2 is 1.93 bits per heavy atom. The van der Waals surface area contributed by atoms with Crippen molar-refractivity contribution in [3.05, 3.63) is 92.7 Å². The zero-order valence-corrected chi connectivity index (χ0v) is 18.6. The molecule has 152 valence electrons. The molecule has 0 N–H and O–H groups in total. The third-order valence-corrected chi connectivity index (χ3v) is 5.52. The van der Waals surface area contributed by atoms with Crippen LogP contribution < -0.4 is 5.56 Å². The van der Waals surface area contributed by atoms with Crippen LogP contribution in [-0.4, -0.2) is 20.4 Å². The Morgan fingerprint density at radius 3 is 2.70 bits per heavy atom. The lowest BCUT2D eigenvalue weighted by atomic mass is 10.2. The highest BCUT2D eigenvalue weighted by molar-refractivity contribution is 9.10. The first kappa shape index (κ1) is 20.3. The fourth-order valence-electron chi connectivity index (χ4n) is 3.37. The van der Waals surface area contributed by atoms with Gasteiger partial charge in [0.2, 0.25) is 0 Å². The van der Waals surface area contributed by atoms with Gasteiger partial charge in [0.15, 0.2) is 0 Å². The summed E-state index contributed by atoms with van der Waals surface area (Å²) in [6, 6.07) is 17.8.